The van der Waals surface area contributed by atoms with Crippen LogP contribution in [0.15, 0.2) is 23.3 Å². The van der Waals surface area contributed by atoms with Crippen molar-refractivity contribution in [2.24, 2.45) is 34.5 Å². The summed E-state index contributed by atoms with van der Waals surface area (Å²) < 4.78 is 100. The predicted octanol–water partition coefficient (Wildman–Crippen LogP) is -1.94. The maximum Gasteiger partial charge on any atom is 0.397 e. The highest BCUT2D eigenvalue weighted by Gasteiger charge is 2.63. The molecule has 5 aliphatic heterocycles. The minimum absolute atomic E-state index is 0.0334. The van der Waals surface area contributed by atoms with Crippen molar-refractivity contribution in [2.75, 3.05) is 13.2 Å². The monoisotopic (exact) mass is 1230 g/mol. The standard InChI is InChI=1S/C56H92O27S/c1-22(2)10-9-15-56(8,69)34-12-11-28-27-19-31(30-18-26(83-84(70,71)72)13-16-54(30,6)29(27)14-17-55(28,34)7)77-51-45(68)46(37(60)25(5)76-51)80-52-47(81-49-43(66)40(63)35(58)23(3)74-49)39(62)33(21-73-52)79-53-48(42(65)38(61)32(20-57)78-53)82-50-44(67)41(64)36(59)24(4)75-50/h10,14,23-28,30-53,57-69H,9,11-13,15-21H2,1-8H3,(H,70,71,72)/t23?,24?,25?,26-,27?,28?,30?,31-,32?,33?,34-,35?,36?,37?,38?,39?,40?,41?,42?,43?,44?,45?,46?,47?,48?,49?,50?,51?,52?,53?,54+,55-,56-/m0/s1. The van der Waals surface area contributed by atoms with Gasteiger partial charge in [0.15, 0.2) is 31.5 Å². The maximum absolute atomic E-state index is 12.4. The van der Waals surface area contributed by atoms with E-state index in [1.807, 2.05) is 20.8 Å². The van der Waals surface area contributed by atoms with Gasteiger partial charge in [-0.2, -0.15) is 8.42 Å². The van der Waals surface area contributed by atoms with Crippen molar-refractivity contribution in [3.63, 3.8) is 0 Å². The molecule has 5 heterocycles. The Morgan fingerprint density at radius 1 is 0.643 bits per heavy atom. The fraction of sp³-hybridized carbons (Fsp3) is 0.929. The molecule has 27 nitrogen and oxygen atoms in total. The fourth-order valence-electron chi connectivity index (χ4n) is 15.5. The normalized spacial score (nSPS) is 51.6. The van der Waals surface area contributed by atoms with Crippen LogP contribution in [0.25, 0.3) is 0 Å². The van der Waals surface area contributed by atoms with E-state index in [0.29, 0.717) is 32.1 Å². The summed E-state index contributed by atoms with van der Waals surface area (Å²) in [5.74, 6) is -0.471. The lowest BCUT2D eigenvalue weighted by molar-refractivity contribution is -0.398. The number of fused-ring (bicyclic) bond motifs is 5. The van der Waals surface area contributed by atoms with Crippen molar-refractivity contribution in [1.82, 2.24) is 0 Å². The van der Waals surface area contributed by atoms with Gasteiger partial charge in [0.1, 0.15) is 97.7 Å². The lowest BCUT2D eigenvalue weighted by Crippen LogP contribution is -2.67. The quantitative estimate of drug-likeness (QED) is 0.0557. The van der Waals surface area contributed by atoms with Gasteiger partial charge >= 0.3 is 10.4 Å². The van der Waals surface area contributed by atoms with Crippen molar-refractivity contribution in [3.8, 4) is 0 Å². The van der Waals surface area contributed by atoms with Gasteiger partial charge in [-0.15, -0.1) is 0 Å². The van der Waals surface area contributed by atoms with Gasteiger partial charge in [0.05, 0.1) is 49.3 Å². The van der Waals surface area contributed by atoms with Crippen LogP contribution in [-0.4, -0.2) is 258 Å². The zero-order valence-corrected chi connectivity index (χ0v) is 49.5. The molecule has 4 aliphatic carbocycles. The Balaban J connectivity index is 0.982. The second kappa shape index (κ2) is 26.0. The molecule has 33 atom stereocenters. The topological polar surface area (TPSA) is 419 Å². The molecule has 27 unspecified atom stereocenters. The van der Waals surface area contributed by atoms with Gasteiger partial charge in [0, 0.05) is 0 Å². The van der Waals surface area contributed by atoms with Crippen molar-refractivity contribution >= 4 is 10.4 Å². The molecule has 0 aromatic heterocycles. The minimum Gasteiger partial charge on any atom is -0.394 e. The van der Waals surface area contributed by atoms with E-state index in [1.54, 1.807) is 0 Å². The average molecular weight is 1230 g/mol. The van der Waals surface area contributed by atoms with Crippen LogP contribution in [0, 0.1) is 34.5 Å². The van der Waals surface area contributed by atoms with E-state index in [1.165, 1.54) is 31.9 Å². The van der Waals surface area contributed by atoms with Crippen LogP contribution < -0.4 is 0 Å². The number of rotatable bonds is 17. The van der Waals surface area contributed by atoms with Gasteiger partial charge in [0.2, 0.25) is 0 Å². The smallest absolute Gasteiger partial charge is 0.394 e. The molecule has 8 fully saturated rings. The van der Waals surface area contributed by atoms with E-state index in [-0.39, 0.29) is 29.6 Å². The number of aliphatic hydroxyl groups excluding tert-OH is 12. The Kier molecular flexibility index (Phi) is 20.7. The van der Waals surface area contributed by atoms with Crippen LogP contribution in [0.4, 0.5) is 0 Å². The molecule has 0 aromatic rings. The highest BCUT2D eigenvalue weighted by molar-refractivity contribution is 7.80. The third-order valence-corrected chi connectivity index (χ3v) is 20.8. The van der Waals surface area contributed by atoms with Crippen LogP contribution in [-0.2, 0) is 62.0 Å². The molecule has 14 N–H and O–H groups in total. The fourth-order valence-corrected chi connectivity index (χ4v) is 16.1. The predicted molar refractivity (Wildman–Crippen MR) is 285 cm³/mol. The Bertz CT molecular complexity index is 2400. The van der Waals surface area contributed by atoms with E-state index in [0.717, 1.165) is 19.3 Å². The van der Waals surface area contributed by atoms with Gasteiger partial charge in [-0.25, -0.2) is 4.18 Å². The molecule has 0 radical (unpaired) electrons. The lowest BCUT2D eigenvalue weighted by atomic mass is 9.47. The number of allylic oxidation sites excluding steroid dienone is 4. The van der Waals surface area contributed by atoms with Crippen LogP contribution in [0.2, 0.25) is 0 Å². The number of hydrogen-bond donors (Lipinski definition) is 14. The van der Waals surface area contributed by atoms with Crippen LogP contribution >= 0.6 is 0 Å². The molecular formula is C56H92O27S. The average Bonchev–Trinajstić information content (AvgIpc) is 1.36. The van der Waals surface area contributed by atoms with E-state index >= 15 is 0 Å². The molecule has 9 aliphatic rings. The molecule has 0 aromatic carbocycles. The highest BCUT2D eigenvalue weighted by atomic mass is 32.3. The largest absolute Gasteiger partial charge is 0.397 e. The van der Waals surface area contributed by atoms with Crippen molar-refractivity contribution in [3.05, 3.63) is 23.3 Å². The molecule has 5 saturated heterocycles. The first kappa shape index (κ1) is 66.8. The Morgan fingerprint density at radius 3 is 1.79 bits per heavy atom. The van der Waals surface area contributed by atoms with Crippen molar-refractivity contribution in [2.45, 2.75) is 278 Å². The van der Waals surface area contributed by atoms with Gasteiger partial charge < -0.3 is 114 Å². The second-order valence-electron chi connectivity index (χ2n) is 26.2. The molecule has 0 bridgehead atoms. The Hall–Kier alpha value is -1.57. The minimum atomic E-state index is -4.86. The molecule has 0 spiro atoms. The van der Waals surface area contributed by atoms with E-state index in [2.05, 4.69) is 26.0 Å². The SMILES string of the molecule is CC(C)=CCC[C@](C)(O)[C@H]1CCC2C3C[C@H](OC4OC(C)C(O)C(OC5OCC(OC6OC(CO)C(O)C(O)C6OC6OC(C)C(O)C(O)C6O)C(O)C5OC5OC(C)C(O)C(O)C5O)C4O)C4C[C@@H](OS(=O)(=O)O)CC[C@]4(C)C3=CC[C@@]21C. The Labute approximate surface area is 489 Å². The first-order valence-electron chi connectivity index (χ1n) is 29.6. The molecule has 484 valence electrons. The third kappa shape index (κ3) is 13.2. The molecular weight excluding hydrogens is 1140 g/mol. The van der Waals surface area contributed by atoms with Gasteiger partial charge in [-0.1, -0.05) is 37.1 Å². The van der Waals surface area contributed by atoms with Crippen LogP contribution in [0.3, 0.4) is 0 Å². The zero-order chi connectivity index (χ0) is 61.4. The molecule has 3 saturated carbocycles. The summed E-state index contributed by atoms with van der Waals surface area (Å²) in [6, 6.07) is 0. The number of ether oxygens (including phenoxy) is 10. The number of aliphatic hydroxyl groups is 13. The summed E-state index contributed by atoms with van der Waals surface area (Å²) in [5, 5.41) is 145. The van der Waals surface area contributed by atoms with Crippen molar-refractivity contribution < 1.29 is 131 Å². The summed E-state index contributed by atoms with van der Waals surface area (Å²) in [6.45, 7) is 13.1. The second-order valence-corrected chi connectivity index (χ2v) is 27.2. The van der Waals surface area contributed by atoms with Crippen LogP contribution in [0.1, 0.15) is 113 Å². The van der Waals surface area contributed by atoms with E-state index in [9.17, 15) is 79.4 Å². The molecule has 9 rings (SSSR count). The van der Waals surface area contributed by atoms with Crippen LogP contribution in [0.5, 0.6) is 0 Å². The van der Waals surface area contributed by atoms with Gasteiger partial charge in [-0.3, -0.25) is 4.55 Å². The summed E-state index contributed by atoms with van der Waals surface area (Å²) in [6.07, 6.45) is -33.0. The molecule has 84 heavy (non-hydrogen) atoms. The Morgan fingerprint density at radius 2 is 1.20 bits per heavy atom. The summed E-state index contributed by atoms with van der Waals surface area (Å²) in [4.78, 5) is 0. The summed E-state index contributed by atoms with van der Waals surface area (Å²) >= 11 is 0. The van der Waals surface area contributed by atoms with Crippen molar-refractivity contribution in [1.29, 1.82) is 0 Å². The zero-order valence-electron chi connectivity index (χ0n) is 48.7. The maximum atomic E-state index is 12.4. The number of hydrogen-bond acceptors (Lipinski definition) is 26. The van der Waals surface area contributed by atoms with Gasteiger partial charge in [0.25, 0.3) is 0 Å². The first-order valence-corrected chi connectivity index (χ1v) is 31.0. The highest BCUT2D eigenvalue weighted by Crippen LogP contribution is 2.67. The summed E-state index contributed by atoms with van der Waals surface area (Å²) in [5.41, 5.74) is 0.501. The third-order valence-electron chi connectivity index (χ3n) is 20.3. The molecule has 0 amide bonds. The van der Waals surface area contributed by atoms with E-state index < -0.39 is 200 Å². The lowest BCUT2D eigenvalue weighted by Gasteiger charge is -2.60. The van der Waals surface area contributed by atoms with E-state index in [4.69, 9.17) is 51.6 Å². The summed E-state index contributed by atoms with van der Waals surface area (Å²) in [7, 11) is -4.86. The van der Waals surface area contributed by atoms with Gasteiger partial charge in [-0.05, 0) is 134 Å². The molecule has 28 heteroatoms. The first-order chi connectivity index (χ1) is 39.3.